The smallest absolute Gasteiger partial charge is 0.306 e. The van der Waals surface area contributed by atoms with Crippen molar-refractivity contribution in [3.63, 3.8) is 0 Å². The summed E-state index contributed by atoms with van der Waals surface area (Å²) in [5, 5.41) is 0. The van der Waals surface area contributed by atoms with Crippen LogP contribution in [-0.4, -0.2) is 37.2 Å². The van der Waals surface area contributed by atoms with Crippen molar-refractivity contribution in [1.29, 1.82) is 0 Å². The minimum atomic E-state index is -0.764. The Hall–Kier alpha value is -1.59. The van der Waals surface area contributed by atoms with Crippen LogP contribution in [0, 0.1) is 11.8 Å². The molecule has 6 nitrogen and oxygen atoms in total. The SMILES string of the molecule is CCCCCCCCCCCCCCCCCC(=O)O[C@H](COC(=O)CCCCCCCCCCCCCCCCCCCCC(C)C)COC(=O)CCCCCCCCCCCCCCCCCCC(C)C. The van der Waals surface area contributed by atoms with Gasteiger partial charge in [0.15, 0.2) is 6.10 Å². The molecule has 0 rings (SSSR count). The molecule has 0 aliphatic rings. The molecule has 0 aliphatic carbocycles. The summed E-state index contributed by atoms with van der Waals surface area (Å²) in [5.41, 5.74) is 0. The topological polar surface area (TPSA) is 78.9 Å². The minimum Gasteiger partial charge on any atom is -0.462 e. The van der Waals surface area contributed by atoms with Gasteiger partial charge in [0.2, 0.25) is 0 Å². The Labute approximate surface area is 457 Å². The molecule has 0 aromatic rings. The summed E-state index contributed by atoms with van der Waals surface area (Å²) in [7, 11) is 0. The lowest BCUT2D eigenvalue weighted by molar-refractivity contribution is -0.167. The zero-order chi connectivity index (χ0) is 53.2. The number of unbranched alkanes of at least 4 members (excludes halogenated alkanes) is 46. The maximum Gasteiger partial charge on any atom is 0.306 e. The Kier molecular flexibility index (Phi) is 58.4. The summed E-state index contributed by atoms with van der Waals surface area (Å²) >= 11 is 0. The Bertz CT molecular complexity index is 1120. The highest BCUT2D eigenvalue weighted by atomic mass is 16.6. The van der Waals surface area contributed by atoms with Gasteiger partial charge in [0.25, 0.3) is 0 Å². The Morgan fingerprint density at radius 3 is 0.671 bits per heavy atom. The van der Waals surface area contributed by atoms with E-state index in [1.165, 1.54) is 270 Å². The van der Waals surface area contributed by atoms with E-state index in [1.54, 1.807) is 0 Å². The molecule has 0 N–H and O–H groups in total. The first-order chi connectivity index (χ1) is 35.7. The summed E-state index contributed by atoms with van der Waals surface area (Å²) in [6.07, 6.45) is 66.8. The van der Waals surface area contributed by atoms with E-state index in [2.05, 4.69) is 34.6 Å². The second-order valence-electron chi connectivity index (χ2n) is 24.1. The highest BCUT2D eigenvalue weighted by Crippen LogP contribution is 2.19. The zero-order valence-electron chi connectivity index (χ0n) is 50.3. The summed E-state index contributed by atoms with van der Waals surface area (Å²) < 4.78 is 17.0. The molecule has 0 radical (unpaired) electrons. The van der Waals surface area contributed by atoms with Gasteiger partial charge < -0.3 is 14.2 Å². The Morgan fingerprint density at radius 1 is 0.260 bits per heavy atom. The number of hydrogen-bond acceptors (Lipinski definition) is 6. The number of carbonyl (C=O) groups excluding carboxylic acids is 3. The van der Waals surface area contributed by atoms with Gasteiger partial charge in [0, 0.05) is 19.3 Å². The lowest BCUT2D eigenvalue weighted by Crippen LogP contribution is -2.30. The first-order valence-electron chi connectivity index (χ1n) is 33.2. The van der Waals surface area contributed by atoms with Crippen LogP contribution in [0.25, 0.3) is 0 Å². The van der Waals surface area contributed by atoms with Crippen LogP contribution in [0.4, 0.5) is 0 Å². The first kappa shape index (κ1) is 71.4. The predicted octanol–water partition coefficient (Wildman–Crippen LogP) is 22.4. The molecule has 0 heterocycles. The standard InChI is InChI=1S/C67H130O6/c1-6-7-8-9-10-11-12-13-20-29-34-39-44-49-54-59-67(70)73-64(61-72-66(69)58-53-48-43-38-33-28-24-19-18-22-26-31-36-41-46-51-56-63(4)5)60-71-65(68)57-52-47-42-37-32-27-23-17-15-14-16-21-25-30-35-40-45-50-55-62(2)3/h62-64H,6-61H2,1-5H3/t64-/m1/s1. The van der Waals surface area contributed by atoms with Crippen molar-refractivity contribution >= 4 is 17.9 Å². The summed E-state index contributed by atoms with van der Waals surface area (Å²) in [6, 6.07) is 0. The highest BCUT2D eigenvalue weighted by molar-refractivity contribution is 5.71. The van der Waals surface area contributed by atoms with E-state index in [1.807, 2.05) is 0 Å². The molecular weight excluding hydrogens is 901 g/mol. The van der Waals surface area contributed by atoms with Gasteiger partial charge in [-0.15, -0.1) is 0 Å². The third-order valence-electron chi connectivity index (χ3n) is 15.5. The lowest BCUT2D eigenvalue weighted by atomic mass is 10.0. The van der Waals surface area contributed by atoms with E-state index < -0.39 is 6.10 Å². The molecule has 73 heavy (non-hydrogen) atoms. The molecule has 6 heteroatoms. The molecule has 0 fully saturated rings. The molecule has 0 saturated carbocycles. The number of ether oxygens (including phenoxy) is 3. The van der Waals surface area contributed by atoms with Gasteiger partial charge >= 0.3 is 17.9 Å². The average molecular weight is 1030 g/mol. The van der Waals surface area contributed by atoms with Crippen molar-refractivity contribution in [2.75, 3.05) is 13.2 Å². The van der Waals surface area contributed by atoms with Gasteiger partial charge in [-0.2, -0.15) is 0 Å². The molecule has 0 saturated heterocycles. The fraction of sp³-hybridized carbons (Fsp3) is 0.955. The minimum absolute atomic E-state index is 0.0614. The highest BCUT2D eigenvalue weighted by Gasteiger charge is 2.19. The quantitative estimate of drug-likeness (QED) is 0.0343. The third-order valence-corrected chi connectivity index (χ3v) is 15.5. The fourth-order valence-corrected chi connectivity index (χ4v) is 10.5. The van der Waals surface area contributed by atoms with Crippen LogP contribution in [0.2, 0.25) is 0 Å². The van der Waals surface area contributed by atoms with Crippen LogP contribution in [0.3, 0.4) is 0 Å². The first-order valence-corrected chi connectivity index (χ1v) is 33.2. The maximum atomic E-state index is 12.9. The van der Waals surface area contributed by atoms with Crippen LogP contribution in [0.1, 0.15) is 381 Å². The van der Waals surface area contributed by atoms with Crippen molar-refractivity contribution in [2.24, 2.45) is 11.8 Å². The van der Waals surface area contributed by atoms with Crippen molar-refractivity contribution in [2.45, 2.75) is 387 Å². The van der Waals surface area contributed by atoms with Crippen molar-refractivity contribution < 1.29 is 28.6 Å². The fourth-order valence-electron chi connectivity index (χ4n) is 10.5. The Morgan fingerprint density at radius 2 is 0.452 bits per heavy atom. The molecule has 0 aliphatic heterocycles. The van der Waals surface area contributed by atoms with Gasteiger partial charge in [-0.05, 0) is 31.1 Å². The monoisotopic (exact) mass is 1030 g/mol. The third kappa shape index (κ3) is 61.1. The zero-order valence-corrected chi connectivity index (χ0v) is 50.3. The van der Waals surface area contributed by atoms with Gasteiger partial charge in [0.1, 0.15) is 13.2 Å². The molecule has 0 aromatic carbocycles. The Balaban J connectivity index is 4.25. The number of hydrogen-bond donors (Lipinski definition) is 0. The molecule has 0 amide bonds. The summed E-state index contributed by atoms with van der Waals surface area (Å²) in [5.74, 6) is 0.884. The number of esters is 3. The van der Waals surface area contributed by atoms with E-state index in [-0.39, 0.29) is 31.1 Å². The van der Waals surface area contributed by atoms with Gasteiger partial charge in [0.05, 0.1) is 0 Å². The number of carbonyl (C=O) groups is 3. The van der Waals surface area contributed by atoms with E-state index in [9.17, 15) is 14.4 Å². The van der Waals surface area contributed by atoms with Crippen LogP contribution >= 0.6 is 0 Å². The second-order valence-corrected chi connectivity index (χ2v) is 24.1. The molecule has 434 valence electrons. The lowest BCUT2D eigenvalue weighted by Gasteiger charge is -2.18. The van der Waals surface area contributed by atoms with Gasteiger partial charge in [-0.1, -0.05) is 343 Å². The molecule has 0 spiro atoms. The summed E-state index contributed by atoms with van der Waals surface area (Å²) in [4.78, 5) is 38.4. The van der Waals surface area contributed by atoms with Crippen molar-refractivity contribution in [1.82, 2.24) is 0 Å². The van der Waals surface area contributed by atoms with E-state index in [0.717, 1.165) is 69.6 Å². The largest absolute Gasteiger partial charge is 0.462 e. The van der Waals surface area contributed by atoms with Crippen LogP contribution in [0.15, 0.2) is 0 Å². The van der Waals surface area contributed by atoms with E-state index in [4.69, 9.17) is 14.2 Å². The molecule has 0 unspecified atom stereocenters. The molecule has 0 aromatic heterocycles. The van der Waals surface area contributed by atoms with E-state index in [0.29, 0.717) is 19.3 Å². The molecular formula is C67H130O6. The predicted molar refractivity (Wildman–Crippen MR) is 316 cm³/mol. The van der Waals surface area contributed by atoms with E-state index >= 15 is 0 Å². The average Bonchev–Trinajstić information content (AvgIpc) is 3.37. The van der Waals surface area contributed by atoms with Crippen molar-refractivity contribution in [3.05, 3.63) is 0 Å². The molecule has 0 bridgehead atoms. The van der Waals surface area contributed by atoms with Crippen LogP contribution < -0.4 is 0 Å². The van der Waals surface area contributed by atoms with Crippen LogP contribution in [-0.2, 0) is 28.6 Å². The summed E-state index contributed by atoms with van der Waals surface area (Å²) in [6.45, 7) is 11.5. The van der Waals surface area contributed by atoms with Crippen LogP contribution in [0.5, 0.6) is 0 Å². The molecule has 1 atom stereocenters. The second kappa shape index (κ2) is 59.7. The van der Waals surface area contributed by atoms with Gasteiger partial charge in [-0.3, -0.25) is 14.4 Å². The van der Waals surface area contributed by atoms with Crippen molar-refractivity contribution in [3.8, 4) is 0 Å². The number of rotatable bonds is 61. The van der Waals surface area contributed by atoms with Gasteiger partial charge in [-0.25, -0.2) is 0 Å². The normalized spacial score (nSPS) is 12.0. The maximum absolute atomic E-state index is 12.9.